The third kappa shape index (κ3) is 3.08. The fourth-order valence-corrected chi connectivity index (χ4v) is 2.91. The van der Waals surface area contributed by atoms with Gasteiger partial charge in [-0.25, -0.2) is 18.7 Å². The minimum atomic E-state index is -1.20. The van der Waals surface area contributed by atoms with Crippen LogP contribution >= 0.6 is 22.9 Å². The van der Waals surface area contributed by atoms with Crippen molar-refractivity contribution in [2.45, 2.75) is 6.61 Å². The zero-order valence-electron chi connectivity index (χ0n) is 11.3. The van der Waals surface area contributed by atoms with Crippen LogP contribution in [0.1, 0.15) is 15.4 Å². The van der Waals surface area contributed by atoms with Gasteiger partial charge in [-0.1, -0.05) is 11.6 Å². The van der Waals surface area contributed by atoms with Gasteiger partial charge in [-0.3, -0.25) is 4.79 Å². The molecule has 2 heterocycles. The first-order valence-electron chi connectivity index (χ1n) is 6.27. The van der Waals surface area contributed by atoms with E-state index in [1.807, 2.05) is 0 Å². The monoisotopic (exact) mass is 355 g/mol. The topological polar surface area (TPSA) is 78.1 Å². The first-order valence-corrected chi connectivity index (χ1v) is 7.46. The lowest BCUT2D eigenvalue weighted by atomic mass is 10.2. The van der Waals surface area contributed by atoms with Crippen molar-refractivity contribution in [2.24, 2.45) is 5.73 Å². The molecule has 0 saturated heterocycles. The first kappa shape index (κ1) is 15.6. The second-order valence-corrected chi connectivity index (χ2v) is 5.97. The summed E-state index contributed by atoms with van der Waals surface area (Å²) in [5, 5.41) is 0.861. The number of thiazole rings is 1. The van der Waals surface area contributed by atoms with Gasteiger partial charge in [0.05, 0.1) is 10.2 Å². The summed E-state index contributed by atoms with van der Waals surface area (Å²) in [5.74, 6) is -3.66. The Morgan fingerprint density at radius 3 is 2.91 bits per heavy atom. The summed E-state index contributed by atoms with van der Waals surface area (Å²) in [6.07, 6.45) is 1.57. The normalized spacial score (nSPS) is 10.9. The minimum Gasteiger partial charge on any atom is -0.483 e. The highest BCUT2D eigenvalue weighted by molar-refractivity contribution is 7.18. The Morgan fingerprint density at radius 1 is 1.39 bits per heavy atom. The zero-order chi connectivity index (χ0) is 16.6. The van der Waals surface area contributed by atoms with Crippen LogP contribution in [0.2, 0.25) is 5.15 Å². The number of aromatic nitrogens is 2. The minimum absolute atomic E-state index is 0.0578. The number of benzene rings is 1. The van der Waals surface area contributed by atoms with Gasteiger partial charge in [0.1, 0.15) is 28.1 Å². The van der Waals surface area contributed by atoms with Crippen LogP contribution in [-0.4, -0.2) is 15.9 Å². The predicted molar refractivity (Wildman–Crippen MR) is 81.6 cm³/mol. The van der Waals surface area contributed by atoms with Crippen molar-refractivity contribution in [3.05, 3.63) is 51.8 Å². The first-order chi connectivity index (χ1) is 11.0. The lowest BCUT2D eigenvalue weighted by Gasteiger charge is -2.08. The Labute approximate surface area is 137 Å². The molecule has 2 aromatic heterocycles. The average molecular weight is 356 g/mol. The van der Waals surface area contributed by atoms with Crippen LogP contribution in [0, 0.1) is 11.6 Å². The average Bonchev–Trinajstić information content (AvgIpc) is 2.88. The fraction of sp³-hybridized carbons (Fsp3) is 0.0714. The van der Waals surface area contributed by atoms with E-state index >= 15 is 0 Å². The van der Waals surface area contributed by atoms with Crippen LogP contribution < -0.4 is 10.5 Å². The van der Waals surface area contributed by atoms with E-state index < -0.39 is 23.1 Å². The smallest absolute Gasteiger partial charge is 0.254 e. The van der Waals surface area contributed by atoms with E-state index in [9.17, 15) is 13.6 Å². The summed E-state index contributed by atoms with van der Waals surface area (Å²) in [6.45, 7) is -0.0578. The Hall–Kier alpha value is -2.32. The van der Waals surface area contributed by atoms with Gasteiger partial charge in [0, 0.05) is 12.3 Å². The van der Waals surface area contributed by atoms with Crippen molar-refractivity contribution in [2.75, 3.05) is 0 Å². The number of rotatable bonds is 4. The Bertz CT molecular complexity index is 916. The van der Waals surface area contributed by atoms with Gasteiger partial charge in [0.2, 0.25) is 0 Å². The van der Waals surface area contributed by atoms with Crippen molar-refractivity contribution < 1.29 is 18.3 Å². The van der Waals surface area contributed by atoms with Crippen LogP contribution in [0.5, 0.6) is 5.75 Å². The molecule has 0 spiro atoms. The van der Waals surface area contributed by atoms with E-state index in [0.29, 0.717) is 15.7 Å². The Balaban J connectivity index is 1.85. The molecule has 0 radical (unpaired) electrons. The van der Waals surface area contributed by atoms with Gasteiger partial charge >= 0.3 is 0 Å². The number of primary amides is 1. The second kappa shape index (κ2) is 6.05. The molecule has 3 rings (SSSR count). The molecule has 1 aromatic carbocycles. The zero-order valence-corrected chi connectivity index (χ0v) is 12.9. The Morgan fingerprint density at radius 2 is 2.17 bits per heavy atom. The van der Waals surface area contributed by atoms with Crippen molar-refractivity contribution >= 4 is 39.1 Å². The highest BCUT2D eigenvalue weighted by Gasteiger charge is 2.19. The molecular weight excluding hydrogens is 348 g/mol. The van der Waals surface area contributed by atoms with Gasteiger partial charge < -0.3 is 10.5 Å². The number of hydrogen-bond acceptors (Lipinski definition) is 5. The predicted octanol–water partition coefficient (Wildman–Crippen LogP) is 3.30. The molecule has 9 heteroatoms. The molecule has 0 unspecified atom stereocenters. The molecule has 0 saturated carbocycles. The van der Waals surface area contributed by atoms with Gasteiger partial charge in [0.15, 0.2) is 11.6 Å². The van der Waals surface area contributed by atoms with Crippen molar-refractivity contribution in [3.8, 4) is 5.75 Å². The van der Waals surface area contributed by atoms with Crippen molar-refractivity contribution in [1.29, 1.82) is 0 Å². The SMILES string of the molecule is NC(=O)c1c(F)ccc(OCc2nc3cc(Cl)ncc3s2)c1F. The number of amides is 1. The number of pyridine rings is 1. The second-order valence-electron chi connectivity index (χ2n) is 4.47. The van der Waals surface area contributed by atoms with E-state index in [-0.39, 0.29) is 12.4 Å². The van der Waals surface area contributed by atoms with Gasteiger partial charge in [-0.15, -0.1) is 11.3 Å². The van der Waals surface area contributed by atoms with E-state index in [4.69, 9.17) is 22.1 Å². The van der Waals surface area contributed by atoms with Crippen LogP contribution in [0.3, 0.4) is 0 Å². The third-order valence-corrected chi connectivity index (χ3v) is 4.13. The van der Waals surface area contributed by atoms with E-state index in [2.05, 4.69) is 9.97 Å². The lowest BCUT2D eigenvalue weighted by molar-refractivity contribution is 0.0991. The molecule has 0 fully saturated rings. The Kier molecular flexibility index (Phi) is 4.10. The summed E-state index contributed by atoms with van der Waals surface area (Å²) in [6, 6.07) is 3.60. The largest absolute Gasteiger partial charge is 0.483 e. The fourth-order valence-electron chi connectivity index (χ4n) is 1.93. The molecule has 0 aliphatic heterocycles. The molecule has 118 valence electrons. The summed E-state index contributed by atoms with van der Waals surface area (Å²) in [5.41, 5.74) is 4.77. The van der Waals surface area contributed by atoms with Gasteiger partial charge in [0.25, 0.3) is 5.91 Å². The van der Waals surface area contributed by atoms with Crippen LogP contribution in [-0.2, 0) is 6.61 Å². The molecule has 0 aliphatic carbocycles. The van der Waals surface area contributed by atoms with Crippen LogP contribution in [0.25, 0.3) is 10.2 Å². The highest BCUT2D eigenvalue weighted by Crippen LogP contribution is 2.27. The molecule has 0 bridgehead atoms. The standard InChI is InChI=1S/C14H8ClF2N3O2S/c15-10-3-7-9(4-19-10)23-11(20-7)5-22-8-2-1-6(16)12(13(8)17)14(18)21/h1-4H,5H2,(H2,18,21). The number of halogens is 3. The molecule has 0 aliphatic rings. The maximum Gasteiger partial charge on any atom is 0.254 e. The quantitative estimate of drug-likeness (QED) is 0.728. The number of nitrogens with two attached hydrogens (primary N) is 1. The summed E-state index contributed by atoms with van der Waals surface area (Å²) < 4.78 is 33.5. The highest BCUT2D eigenvalue weighted by atomic mass is 35.5. The van der Waals surface area contributed by atoms with Crippen LogP contribution in [0.15, 0.2) is 24.4 Å². The van der Waals surface area contributed by atoms with Crippen LogP contribution in [0.4, 0.5) is 8.78 Å². The number of fused-ring (bicyclic) bond motifs is 1. The van der Waals surface area contributed by atoms with E-state index in [1.54, 1.807) is 12.3 Å². The number of carbonyl (C=O) groups is 1. The maximum absolute atomic E-state index is 14.0. The van der Waals surface area contributed by atoms with Crippen molar-refractivity contribution in [3.63, 3.8) is 0 Å². The lowest BCUT2D eigenvalue weighted by Crippen LogP contribution is -2.16. The summed E-state index contributed by atoms with van der Waals surface area (Å²) >= 11 is 7.08. The number of carbonyl (C=O) groups excluding carboxylic acids is 1. The number of hydrogen-bond donors (Lipinski definition) is 1. The summed E-state index contributed by atoms with van der Waals surface area (Å²) in [4.78, 5) is 19.3. The molecule has 23 heavy (non-hydrogen) atoms. The molecule has 3 aromatic rings. The van der Waals surface area contributed by atoms with E-state index in [0.717, 1.165) is 16.8 Å². The number of ether oxygens (including phenoxy) is 1. The molecule has 0 atom stereocenters. The van der Waals surface area contributed by atoms with Gasteiger partial charge in [-0.2, -0.15) is 0 Å². The summed E-state index contributed by atoms with van der Waals surface area (Å²) in [7, 11) is 0. The maximum atomic E-state index is 14.0. The molecular formula is C14H8ClF2N3O2S. The third-order valence-electron chi connectivity index (χ3n) is 2.94. The van der Waals surface area contributed by atoms with Gasteiger partial charge in [-0.05, 0) is 12.1 Å². The van der Waals surface area contributed by atoms with E-state index in [1.165, 1.54) is 11.3 Å². The van der Waals surface area contributed by atoms with Crippen molar-refractivity contribution in [1.82, 2.24) is 9.97 Å². The molecule has 1 amide bonds. The number of nitrogens with zero attached hydrogens (tertiary/aromatic N) is 2. The molecule has 5 nitrogen and oxygen atoms in total. The molecule has 2 N–H and O–H groups in total.